The van der Waals surface area contributed by atoms with E-state index in [1.807, 2.05) is 19.9 Å². The lowest BCUT2D eigenvalue weighted by atomic mass is 9.87. The lowest BCUT2D eigenvalue weighted by Crippen LogP contribution is -2.22. The van der Waals surface area contributed by atoms with Crippen LogP contribution in [0.1, 0.15) is 19.4 Å². The first-order valence-corrected chi connectivity index (χ1v) is 4.21. The second-order valence-electron chi connectivity index (χ2n) is 3.63. The highest BCUT2D eigenvalue weighted by Crippen LogP contribution is 2.22. The van der Waals surface area contributed by atoms with Gasteiger partial charge < -0.3 is 9.84 Å². The van der Waals surface area contributed by atoms with Gasteiger partial charge in [-0.2, -0.15) is 0 Å². The average Bonchev–Trinajstić information content (AvgIpc) is 2.18. The largest absolute Gasteiger partial charge is 0.481 e. The quantitative estimate of drug-likeness (QED) is 0.765. The molecule has 0 aromatic carbocycles. The van der Waals surface area contributed by atoms with Crippen LogP contribution in [-0.4, -0.2) is 23.8 Å². The fraction of sp³-hybridized carbons (Fsp3) is 0.500. The molecule has 0 amide bonds. The monoisotopic (exact) mass is 181 g/mol. The van der Waals surface area contributed by atoms with Crippen molar-refractivity contribution in [3.8, 4) is 5.88 Å². The Kier molecular flexibility index (Phi) is 2.88. The van der Waals surface area contributed by atoms with Crippen LogP contribution in [0.5, 0.6) is 5.88 Å². The molecule has 0 saturated heterocycles. The number of pyridine rings is 1. The van der Waals surface area contributed by atoms with Gasteiger partial charge in [0.1, 0.15) is 0 Å². The van der Waals surface area contributed by atoms with Gasteiger partial charge in [-0.3, -0.25) is 0 Å². The highest BCUT2D eigenvalue weighted by atomic mass is 16.5. The molecule has 1 heterocycles. The Labute approximate surface area is 78.4 Å². The Morgan fingerprint density at radius 1 is 1.46 bits per heavy atom. The molecule has 0 aliphatic heterocycles. The van der Waals surface area contributed by atoms with Gasteiger partial charge in [0.15, 0.2) is 0 Å². The molecule has 0 atom stereocenters. The summed E-state index contributed by atoms with van der Waals surface area (Å²) in [6.45, 7) is 4.05. The van der Waals surface area contributed by atoms with E-state index in [0.717, 1.165) is 5.56 Å². The van der Waals surface area contributed by atoms with E-state index >= 15 is 0 Å². The molecule has 3 nitrogen and oxygen atoms in total. The molecule has 1 aromatic heterocycles. The molecule has 1 N–H and O–H groups in total. The van der Waals surface area contributed by atoms with Gasteiger partial charge in [-0.25, -0.2) is 4.98 Å². The fourth-order valence-electron chi connectivity index (χ4n) is 0.993. The zero-order chi connectivity index (χ0) is 9.90. The fourth-order valence-corrected chi connectivity index (χ4v) is 0.993. The number of rotatable bonds is 3. The summed E-state index contributed by atoms with van der Waals surface area (Å²) < 4.78 is 4.94. The number of aliphatic hydroxyl groups is 1. The van der Waals surface area contributed by atoms with Crippen LogP contribution in [0, 0.1) is 0 Å². The molecule has 0 bridgehead atoms. The standard InChI is InChI=1S/C10H15NO2/c1-10(2,7-12)8-4-5-9(13-3)11-6-8/h4-6,12H,7H2,1-3H3. The molecule has 72 valence electrons. The van der Waals surface area contributed by atoms with E-state index in [-0.39, 0.29) is 12.0 Å². The first-order valence-electron chi connectivity index (χ1n) is 4.21. The maximum atomic E-state index is 9.11. The third kappa shape index (κ3) is 2.18. The van der Waals surface area contributed by atoms with Crippen LogP contribution in [0.4, 0.5) is 0 Å². The van der Waals surface area contributed by atoms with Gasteiger partial charge >= 0.3 is 0 Å². The minimum absolute atomic E-state index is 0.112. The third-order valence-electron chi connectivity index (χ3n) is 2.12. The molecule has 0 radical (unpaired) electrons. The van der Waals surface area contributed by atoms with Crippen molar-refractivity contribution >= 4 is 0 Å². The van der Waals surface area contributed by atoms with Gasteiger partial charge in [0, 0.05) is 17.7 Å². The van der Waals surface area contributed by atoms with Crippen LogP contribution in [-0.2, 0) is 5.41 Å². The molecule has 0 saturated carbocycles. The number of aromatic nitrogens is 1. The molecule has 3 heteroatoms. The molecular formula is C10H15NO2. The van der Waals surface area contributed by atoms with Crippen molar-refractivity contribution in [3.05, 3.63) is 23.9 Å². The van der Waals surface area contributed by atoms with Gasteiger partial charge in [0.05, 0.1) is 13.7 Å². The summed E-state index contributed by atoms with van der Waals surface area (Å²) in [4.78, 5) is 4.08. The number of aliphatic hydroxyl groups excluding tert-OH is 1. The molecule has 0 unspecified atom stereocenters. The van der Waals surface area contributed by atoms with Gasteiger partial charge in [-0.15, -0.1) is 0 Å². The van der Waals surface area contributed by atoms with Crippen molar-refractivity contribution in [3.63, 3.8) is 0 Å². The first kappa shape index (κ1) is 9.99. The second-order valence-corrected chi connectivity index (χ2v) is 3.63. The molecule has 0 fully saturated rings. The smallest absolute Gasteiger partial charge is 0.212 e. The van der Waals surface area contributed by atoms with E-state index in [9.17, 15) is 0 Å². The van der Waals surface area contributed by atoms with Gasteiger partial charge in [0.2, 0.25) is 5.88 Å². The van der Waals surface area contributed by atoms with E-state index in [0.29, 0.717) is 5.88 Å². The molecule has 1 rings (SSSR count). The van der Waals surface area contributed by atoms with Gasteiger partial charge in [-0.1, -0.05) is 19.9 Å². The number of nitrogens with zero attached hydrogens (tertiary/aromatic N) is 1. The summed E-state index contributed by atoms with van der Waals surface area (Å²) in [7, 11) is 1.58. The average molecular weight is 181 g/mol. The zero-order valence-electron chi connectivity index (χ0n) is 8.24. The Morgan fingerprint density at radius 3 is 2.54 bits per heavy atom. The van der Waals surface area contributed by atoms with Crippen LogP contribution < -0.4 is 4.74 Å². The van der Waals surface area contributed by atoms with E-state index in [2.05, 4.69) is 4.98 Å². The summed E-state index contributed by atoms with van der Waals surface area (Å²) in [6.07, 6.45) is 1.73. The minimum atomic E-state index is -0.237. The second kappa shape index (κ2) is 3.75. The Hall–Kier alpha value is -1.09. The van der Waals surface area contributed by atoms with Crippen molar-refractivity contribution in [2.45, 2.75) is 19.3 Å². The predicted octanol–water partition coefficient (Wildman–Crippen LogP) is 1.36. The van der Waals surface area contributed by atoms with Crippen molar-refractivity contribution in [2.75, 3.05) is 13.7 Å². The van der Waals surface area contributed by atoms with E-state index in [4.69, 9.17) is 9.84 Å². The van der Waals surface area contributed by atoms with Crippen LogP contribution in [0.15, 0.2) is 18.3 Å². The Balaban J connectivity index is 2.92. The van der Waals surface area contributed by atoms with Crippen molar-refractivity contribution in [2.24, 2.45) is 0 Å². The van der Waals surface area contributed by atoms with Crippen molar-refractivity contribution in [1.82, 2.24) is 4.98 Å². The van der Waals surface area contributed by atoms with Crippen LogP contribution in [0.3, 0.4) is 0 Å². The molecule has 0 spiro atoms. The lowest BCUT2D eigenvalue weighted by Gasteiger charge is -2.21. The number of hydrogen-bond donors (Lipinski definition) is 1. The van der Waals surface area contributed by atoms with Crippen molar-refractivity contribution in [1.29, 1.82) is 0 Å². The molecule has 1 aromatic rings. The van der Waals surface area contributed by atoms with E-state index < -0.39 is 0 Å². The summed E-state index contributed by atoms with van der Waals surface area (Å²) in [5, 5.41) is 9.11. The minimum Gasteiger partial charge on any atom is -0.481 e. The maximum absolute atomic E-state index is 9.11. The molecule has 0 aliphatic carbocycles. The number of methoxy groups -OCH3 is 1. The van der Waals surface area contributed by atoms with Crippen LogP contribution >= 0.6 is 0 Å². The highest BCUT2D eigenvalue weighted by molar-refractivity contribution is 5.24. The van der Waals surface area contributed by atoms with E-state index in [1.165, 1.54) is 0 Å². The molecule has 0 aliphatic rings. The van der Waals surface area contributed by atoms with Gasteiger partial charge in [0.25, 0.3) is 0 Å². The molecule has 13 heavy (non-hydrogen) atoms. The zero-order valence-corrected chi connectivity index (χ0v) is 8.24. The predicted molar refractivity (Wildman–Crippen MR) is 50.9 cm³/mol. The van der Waals surface area contributed by atoms with E-state index in [1.54, 1.807) is 19.4 Å². The number of hydrogen-bond acceptors (Lipinski definition) is 3. The van der Waals surface area contributed by atoms with Crippen molar-refractivity contribution < 1.29 is 9.84 Å². The Morgan fingerprint density at radius 2 is 2.15 bits per heavy atom. The highest BCUT2D eigenvalue weighted by Gasteiger charge is 2.19. The summed E-state index contributed by atoms with van der Waals surface area (Å²) in [5.74, 6) is 0.595. The van der Waals surface area contributed by atoms with Crippen LogP contribution in [0.2, 0.25) is 0 Å². The first-order chi connectivity index (χ1) is 6.10. The topological polar surface area (TPSA) is 42.4 Å². The number of ether oxygens (including phenoxy) is 1. The summed E-state index contributed by atoms with van der Waals surface area (Å²) >= 11 is 0. The normalized spacial score (nSPS) is 11.4. The Bertz CT molecular complexity index is 267. The maximum Gasteiger partial charge on any atom is 0.212 e. The summed E-state index contributed by atoms with van der Waals surface area (Å²) in [5.41, 5.74) is 0.773. The molecular weight excluding hydrogens is 166 g/mol. The van der Waals surface area contributed by atoms with Gasteiger partial charge in [-0.05, 0) is 5.56 Å². The third-order valence-corrected chi connectivity index (χ3v) is 2.12. The summed E-state index contributed by atoms with van der Waals surface area (Å²) in [6, 6.07) is 3.72. The van der Waals surface area contributed by atoms with Crippen LogP contribution in [0.25, 0.3) is 0 Å². The SMILES string of the molecule is COc1ccc(C(C)(C)CO)cn1. The lowest BCUT2D eigenvalue weighted by molar-refractivity contribution is 0.218.